The number of aliphatic hydroxyl groups is 1. The van der Waals surface area contributed by atoms with Crippen LogP contribution in [0.5, 0.6) is 0 Å². The minimum absolute atomic E-state index is 0.172. The number of aliphatic hydroxyl groups excluding tert-OH is 1. The minimum Gasteiger partial charge on any atom is -0.370 e. The van der Waals surface area contributed by atoms with Gasteiger partial charge in [0.15, 0.2) is 0 Å². The molecule has 0 spiro atoms. The third kappa shape index (κ3) is 6.27. The first-order valence-electron chi connectivity index (χ1n) is 12.4. The fourth-order valence-electron chi connectivity index (χ4n) is 4.68. The number of amides is 1. The number of aromatic nitrogens is 1. The molecule has 2 aliphatic rings. The van der Waals surface area contributed by atoms with Gasteiger partial charge in [0.05, 0.1) is 11.4 Å². The summed E-state index contributed by atoms with van der Waals surface area (Å²) in [6.07, 6.45) is 7.81. The van der Waals surface area contributed by atoms with Gasteiger partial charge in [0.25, 0.3) is 5.91 Å². The van der Waals surface area contributed by atoms with Crippen molar-refractivity contribution in [2.45, 2.75) is 52.3 Å². The second-order valence-electron chi connectivity index (χ2n) is 9.80. The van der Waals surface area contributed by atoms with Crippen molar-refractivity contribution in [2.75, 3.05) is 20.6 Å². The summed E-state index contributed by atoms with van der Waals surface area (Å²) in [4.78, 5) is 20.3. The number of rotatable bonds is 7. The van der Waals surface area contributed by atoms with E-state index in [1.165, 1.54) is 17.6 Å². The molecule has 4 rings (SSSR count). The molecule has 6 nitrogen and oxygen atoms in total. The van der Waals surface area contributed by atoms with Crippen molar-refractivity contribution in [2.24, 2.45) is 0 Å². The van der Waals surface area contributed by atoms with Crippen molar-refractivity contribution in [3.8, 4) is 11.3 Å². The minimum atomic E-state index is -0.795. The maximum absolute atomic E-state index is 13.3. The molecule has 1 unspecified atom stereocenters. The number of pyridine rings is 1. The van der Waals surface area contributed by atoms with Crippen LogP contribution in [-0.4, -0.2) is 47.8 Å². The lowest BCUT2D eigenvalue weighted by Gasteiger charge is -2.24. The third-order valence-corrected chi connectivity index (χ3v) is 6.53. The van der Waals surface area contributed by atoms with Crippen LogP contribution >= 0.6 is 0 Å². The van der Waals surface area contributed by atoms with Crippen LogP contribution < -0.4 is 10.6 Å². The molecule has 0 fully saturated rings. The van der Waals surface area contributed by atoms with E-state index >= 15 is 0 Å². The lowest BCUT2D eigenvalue weighted by Crippen LogP contribution is -2.38. The van der Waals surface area contributed by atoms with E-state index in [9.17, 15) is 9.90 Å². The Bertz CT molecular complexity index is 1180. The molecule has 0 bridgehead atoms. The highest BCUT2D eigenvalue weighted by Gasteiger charge is 2.20. The van der Waals surface area contributed by atoms with Crippen LogP contribution in [0.3, 0.4) is 0 Å². The molecule has 35 heavy (non-hydrogen) atoms. The number of carbonyl (C=O) groups is 1. The van der Waals surface area contributed by atoms with Crippen LogP contribution in [-0.2, 0) is 6.54 Å². The van der Waals surface area contributed by atoms with E-state index in [-0.39, 0.29) is 12.5 Å². The van der Waals surface area contributed by atoms with Crippen LogP contribution in [0.25, 0.3) is 16.8 Å². The lowest BCUT2D eigenvalue weighted by molar-refractivity contribution is 0.0952. The molecular weight excluding hydrogens is 436 g/mol. The summed E-state index contributed by atoms with van der Waals surface area (Å²) in [5.41, 5.74) is 8.33. The Balaban J connectivity index is 1.62. The molecule has 1 aromatic heterocycles. The Morgan fingerprint density at radius 2 is 1.89 bits per heavy atom. The fourth-order valence-corrected chi connectivity index (χ4v) is 4.68. The van der Waals surface area contributed by atoms with Gasteiger partial charge in [-0.05, 0) is 88.5 Å². The number of dihydropyridines is 1. The lowest BCUT2D eigenvalue weighted by atomic mass is 9.95. The molecule has 0 saturated carbocycles. The number of nitrogens with one attached hydrogen (secondary N) is 2. The van der Waals surface area contributed by atoms with Crippen molar-refractivity contribution >= 4 is 11.5 Å². The summed E-state index contributed by atoms with van der Waals surface area (Å²) in [5.74, 6) is -0.172. The van der Waals surface area contributed by atoms with E-state index in [1.54, 1.807) is 0 Å². The summed E-state index contributed by atoms with van der Waals surface area (Å²) in [5, 5.41) is 16.4. The van der Waals surface area contributed by atoms with E-state index in [0.29, 0.717) is 5.56 Å². The number of carbonyl (C=O) groups excluding carboxylic acids is 1. The zero-order chi connectivity index (χ0) is 24.9. The molecule has 2 heterocycles. The number of nitrogens with zero attached hydrogens (tertiary/aromatic N) is 2. The normalized spacial score (nSPS) is 18.2. The first kappa shape index (κ1) is 24.9. The summed E-state index contributed by atoms with van der Waals surface area (Å²) in [7, 11) is 4.11. The van der Waals surface area contributed by atoms with Crippen LogP contribution in [0.1, 0.15) is 61.1 Å². The van der Waals surface area contributed by atoms with Crippen LogP contribution in [0.2, 0.25) is 0 Å². The second-order valence-corrected chi connectivity index (χ2v) is 9.80. The molecule has 184 valence electrons. The molecule has 0 saturated heterocycles. The smallest absolute Gasteiger partial charge is 0.251 e. The molecular formula is C29H36N4O2. The zero-order valence-electron chi connectivity index (χ0n) is 21.2. The van der Waals surface area contributed by atoms with Gasteiger partial charge in [-0.2, -0.15) is 0 Å². The van der Waals surface area contributed by atoms with Crippen LogP contribution in [0, 0.1) is 0 Å². The van der Waals surface area contributed by atoms with Gasteiger partial charge in [0, 0.05) is 35.5 Å². The van der Waals surface area contributed by atoms with Crippen molar-refractivity contribution in [1.29, 1.82) is 0 Å². The van der Waals surface area contributed by atoms with E-state index in [1.807, 2.05) is 32.1 Å². The van der Waals surface area contributed by atoms with Crippen LogP contribution in [0.4, 0.5) is 0 Å². The maximum Gasteiger partial charge on any atom is 0.251 e. The second kappa shape index (κ2) is 11.0. The molecule has 3 N–H and O–H groups in total. The highest BCUT2D eigenvalue weighted by molar-refractivity contribution is 5.96. The zero-order valence-corrected chi connectivity index (χ0v) is 21.2. The fraction of sp³-hybridized carbons (Fsp3) is 0.379. The van der Waals surface area contributed by atoms with Gasteiger partial charge >= 0.3 is 0 Å². The van der Waals surface area contributed by atoms with Crippen molar-refractivity contribution in [3.63, 3.8) is 0 Å². The van der Waals surface area contributed by atoms with Gasteiger partial charge in [-0.3, -0.25) is 4.79 Å². The molecule has 1 aliphatic heterocycles. The summed E-state index contributed by atoms with van der Waals surface area (Å²) in [6, 6.07) is 12.2. The van der Waals surface area contributed by atoms with Gasteiger partial charge in [0.1, 0.15) is 6.23 Å². The SMILES string of the molecule is CC1=CC(C)=C(CNC(=O)c2cc(C3=CCCCC3)nc(-c3ccc(CN(C)C)cc3)c2)C(O)N1. The molecule has 1 amide bonds. The van der Waals surface area contributed by atoms with E-state index in [0.717, 1.165) is 59.6 Å². The third-order valence-electron chi connectivity index (χ3n) is 6.53. The average molecular weight is 473 g/mol. The van der Waals surface area contributed by atoms with Crippen molar-refractivity contribution < 1.29 is 9.90 Å². The first-order chi connectivity index (χ1) is 16.8. The Labute approximate surface area is 208 Å². The first-order valence-corrected chi connectivity index (χ1v) is 12.4. The molecule has 2 aromatic rings. The Morgan fingerprint density at radius 3 is 2.54 bits per heavy atom. The predicted octanol–water partition coefficient (Wildman–Crippen LogP) is 4.64. The Morgan fingerprint density at radius 1 is 1.14 bits per heavy atom. The van der Waals surface area contributed by atoms with E-state index < -0.39 is 6.23 Å². The van der Waals surface area contributed by atoms with Gasteiger partial charge in [-0.1, -0.05) is 30.3 Å². The van der Waals surface area contributed by atoms with Gasteiger partial charge in [-0.15, -0.1) is 0 Å². The molecule has 1 aromatic carbocycles. The highest BCUT2D eigenvalue weighted by Crippen LogP contribution is 2.29. The van der Waals surface area contributed by atoms with Crippen molar-refractivity contribution in [1.82, 2.24) is 20.5 Å². The van der Waals surface area contributed by atoms with E-state index in [2.05, 4.69) is 60.0 Å². The Hall–Kier alpha value is -3.22. The van der Waals surface area contributed by atoms with Gasteiger partial charge < -0.3 is 20.6 Å². The van der Waals surface area contributed by atoms with Crippen molar-refractivity contribution in [3.05, 3.63) is 82.2 Å². The topological polar surface area (TPSA) is 77.5 Å². The molecule has 1 atom stereocenters. The number of hydrogen-bond acceptors (Lipinski definition) is 5. The van der Waals surface area contributed by atoms with Gasteiger partial charge in [0.2, 0.25) is 0 Å². The number of allylic oxidation sites excluding steroid dienone is 5. The quantitative estimate of drug-likeness (QED) is 0.547. The van der Waals surface area contributed by atoms with E-state index in [4.69, 9.17) is 4.98 Å². The summed E-state index contributed by atoms with van der Waals surface area (Å²) in [6.45, 7) is 5.01. The van der Waals surface area contributed by atoms with Crippen LogP contribution in [0.15, 0.2) is 65.4 Å². The highest BCUT2D eigenvalue weighted by atomic mass is 16.3. The average Bonchev–Trinajstić information content (AvgIpc) is 2.83. The molecule has 0 radical (unpaired) electrons. The maximum atomic E-state index is 13.3. The van der Waals surface area contributed by atoms with Gasteiger partial charge in [-0.25, -0.2) is 4.98 Å². The Kier molecular flexibility index (Phi) is 7.83. The largest absolute Gasteiger partial charge is 0.370 e. The monoisotopic (exact) mass is 472 g/mol. The predicted molar refractivity (Wildman–Crippen MR) is 141 cm³/mol. The molecule has 6 heteroatoms. The standard InChI is InChI=1S/C29H36N4O2/c1-19-14-20(2)31-29(35)25(19)17-30-28(34)24-15-26(22-8-6-5-7-9-22)32-27(16-24)23-12-10-21(11-13-23)18-33(3)4/h8,10-16,29,31,35H,5-7,9,17-18H2,1-4H3,(H,30,34). The summed E-state index contributed by atoms with van der Waals surface area (Å²) < 4.78 is 0. The number of benzene rings is 1. The number of hydrogen-bond donors (Lipinski definition) is 3. The molecule has 1 aliphatic carbocycles. The summed E-state index contributed by atoms with van der Waals surface area (Å²) >= 11 is 0.